The molecule has 1 amide bonds. The zero-order valence-electron chi connectivity index (χ0n) is 9.53. The van der Waals surface area contributed by atoms with E-state index in [0.717, 1.165) is 28.6 Å². The summed E-state index contributed by atoms with van der Waals surface area (Å²) < 4.78 is 0.979. The lowest BCUT2D eigenvalue weighted by molar-refractivity contribution is -0.119. The van der Waals surface area contributed by atoms with Crippen LogP contribution in [0.15, 0.2) is 22.7 Å². The van der Waals surface area contributed by atoms with Gasteiger partial charge in [0, 0.05) is 21.8 Å². The number of hydrogen-bond donors (Lipinski definition) is 1. The second-order valence-electron chi connectivity index (χ2n) is 4.83. The molecule has 2 aliphatic rings. The van der Waals surface area contributed by atoms with Crippen LogP contribution in [-0.4, -0.2) is 11.9 Å². The van der Waals surface area contributed by atoms with Gasteiger partial charge >= 0.3 is 0 Å². The van der Waals surface area contributed by atoms with E-state index in [9.17, 15) is 4.79 Å². The quantitative estimate of drug-likeness (QED) is 0.866. The van der Waals surface area contributed by atoms with Crippen LogP contribution in [0.4, 0.5) is 5.69 Å². The molecule has 0 unspecified atom stereocenters. The lowest BCUT2D eigenvalue weighted by atomic mass is 10.1. The summed E-state index contributed by atoms with van der Waals surface area (Å²) in [5.41, 5.74) is 7.97. The van der Waals surface area contributed by atoms with Crippen LogP contribution in [0.2, 0.25) is 0 Å². The lowest BCUT2D eigenvalue weighted by Crippen LogP contribution is -2.38. The van der Waals surface area contributed by atoms with Crippen molar-refractivity contribution >= 4 is 27.5 Å². The van der Waals surface area contributed by atoms with E-state index in [0.29, 0.717) is 6.04 Å². The largest absolute Gasteiger partial charge is 0.316 e. The van der Waals surface area contributed by atoms with E-state index >= 15 is 0 Å². The number of benzene rings is 1. The highest BCUT2D eigenvalue weighted by atomic mass is 79.9. The van der Waals surface area contributed by atoms with E-state index in [-0.39, 0.29) is 5.91 Å². The van der Waals surface area contributed by atoms with Crippen LogP contribution < -0.4 is 10.6 Å². The van der Waals surface area contributed by atoms with Crippen molar-refractivity contribution in [3.05, 3.63) is 28.2 Å². The first-order valence-electron chi connectivity index (χ1n) is 6.06. The van der Waals surface area contributed by atoms with E-state index in [4.69, 9.17) is 5.73 Å². The van der Waals surface area contributed by atoms with Gasteiger partial charge < -0.3 is 10.6 Å². The minimum absolute atomic E-state index is 0.0602. The minimum Gasteiger partial charge on any atom is -0.316 e. The van der Waals surface area contributed by atoms with Crippen LogP contribution in [0.25, 0.3) is 0 Å². The predicted octanol–water partition coefficient (Wildman–Crippen LogP) is 2.74. The average molecular weight is 295 g/mol. The summed E-state index contributed by atoms with van der Waals surface area (Å²) in [6.07, 6.45) is 4.65. The van der Waals surface area contributed by atoms with Crippen molar-refractivity contribution in [1.82, 2.24) is 0 Å². The maximum absolute atomic E-state index is 12.2. The molecule has 1 aliphatic heterocycles. The molecule has 3 nitrogen and oxygen atoms in total. The smallest absolute Gasteiger partial charge is 0.248 e. The molecule has 0 spiro atoms. The summed E-state index contributed by atoms with van der Waals surface area (Å²) in [7, 11) is 0. The van der Waals surface area contributed by atoms with Crippen molar-refractivity contribution in [3.8, 4) is 0 Å². The van der Waals surface area contributed by atoms with Crippen molar-refractivity contribution in [2.24, 2.45) is 5.73 Å². The predicted molar refractivity (Wildman–Crippen MR) is 70.8 cm³/mol. The first kappa shape index (κ1) is 11.2. The van der Waals surface area contributed by atoms with Gasteiger partial charge in [0.25, 0.3) is 0 Å². The van der Waals surface area contributed by atoms with Crippen LogP contribution in [-0.2, 0) is 4.79 Å². The van der Waals surface area contributed by atoms with E-state index < -0.39 is 6.04 Å². The fourth-order valence-corrected chi connectivity index (χ4v) is 3.31. The number of fused-ring (bicyclic) bond motifs is 1. The first-order chi connectivity index (χ1) is 8.18. The molecule has 1 heterocycles. The highest BCUT2D eigenvalue weighted by Crippen LogP contribution is 2.40. The lowest BCUT2D eigenvalue weighted by Gasteiger charge is -2.24. The van der Waals surface area contributed by atoms with Crippen LogP contribution in [0.5, 0.6) is 0 Å². The molecule has 1 saturated carbocycles. The molecule has 3 rings (SSSR count). The molecule has 4 heteroatoms. The van der Waals surface area contributed by atoms with Crippen molar-refractivity contribution in [3.63, 3.8) is 0 Å². The maximum Gasteiger partial charge on any atom is 0.248 e. The number of nitrogens with zero attached hydrogens (tertiary/aromatic N) is 1. The Morgan fingerprint density at radius 2 is 2.00 bits per heavy atom. The Balaban J connectivity index is 2.04. The van der Waals surface area contributed by atoms with Gasteiger partial charge in [-0.05, 0) is 31.0 Å². The molecule has 0 saturated heterocycles. The zero-order valence-corrected chi connectivity index (χ0v) is 11.1. The van der Waals surface area contributed by atoms with E-state index in [1.807, 2.05) is 23.1 Å². The Labute approximate surface area is 109 Å². The van der Waals surface area contributed by atoms with Crippen molar-refractivity contribution in [1.29, 1.82) is 0 Å². The second-order valence-corrected chi connectivity index (χ2v) is 5.74. The number of nitrogens with two attached hydrogens (primary N) is 1. The molecular weight excluding hydrogens is 280 g/mol. The number of halogens is 1. The van der Waals surface area contributed by atoms with Crippen LogP contribution in [0, 0.1) is 0 Å². The van der Waals surface area contributed by atoms with Crippen LogP contribution in [0.3, 0.4) is 0 Å². The Morgan fingerprint density at radius 3 is 2.71 bits per heavy atom. The molecule has 1 aromatic rings. The molecule has 1 aliphatic carbocycles. The van der Waals surface area contributed by atoms with Crippen LogP contribution >= 0.6 is 15.9 Å². The van der Waals surface area contributed by atoms with Gasteiger partial charge in [-0.3, -0.25) is 4.79 Å². The highest BCUT2D eigenvalue weighted by Gasteiger charge is 2.39. The SMILES string of the molecule is N[C@H]1C(=O)N(C2CCCC2)c2ccc(Br)cc21. The van der Waals surface area contributed by atoms with Gasteiger partial charge in [0.2, 0.25) is 5.91 Å². The van der Waals surface area contributed by atoms with Gasteiger partial charge in [0.05, 0.1) is 0 Å². The number of hydrogen-bond acceptors (Lipinski definition) is 2. The zero-order chi connectivity index (χ0) is 12.0. The van der Waals surface area contributed by atoms with E-state index in [1.54, 1.807) is 0 Å². The summed E-state index contributed by atoms with van der Waals surface area (Å²) in [5, 5.41) is 0. The minimum atomic E-state index is -0.483. The monoisotopic (exact) mass is 294 g/mol. The van der Waals surface area contributed by atoms with Crippen molar-refractivity contribution in [2.45, 2.75) is 37.8 Å². The molecule has 0 radical (unpaired) electrons. The van der Waals surface area contributed by atoms with Gasteiger partial charge in [-0.15, -0.1) is 0 Å². The van der Waals surface area contributed by atoms with Gasteiger partial charge in [0.15, 0.2) is 0 Å². The Hall–Kier alpha value is -0.870. The van der Waals surface area contributed by atoms with Crippen molar-refractivity contribution < 1.29 is 4.79 Å². The molecular formula is C13H15BrN2O. The molecule has 0 bridgehead atoms. The van der Waals surface area contributed by atoms with Gasteiger partial charge in [-0.1, -0.05) is 28.8 Å². The third kappa shape index (κ3) is 1.70. The number of carbonyl (C=O) groups is 1. The van der Waals surface area contributed by atoms with Gasteiger partial charge in [0.1, 0.15) is 6.04 Å². The maximum atomic E-state index is 12.2. The van der Waals surface area contributed by atoms with Gasteiger partial charge in [-0.25, -0.2) is 0 Å². The second kappa shape index (κ2) is 4.10. The normalized spacial score (nSPS) is 24.5. The van der Waals surface area contributed by atoms with Gasteiger partial charge in [-0.2, -0.15) is 0 Å². The molecule has 90 valence electrons. The van der Waals surface area contributed by atoms with E-state index in [1.165, 1.54) is 12.8 Å². The average Bonchev–Trinajstić information content (AvgIpc) is 2.90. The fraction of sp³-hybridized carbons (Fsp3) is 0.462. The summed E-state index contributed by atoms with van der Waals surface area (Å²) in [6, 6.07) is 5.82. The standard InChI is InChI=1S/C13H15BrN2O/c14-8-5-6-11-10(7-8)12(15)13(17)16(11)9-3-1-2-4-9/h5-7,9,12H,1-4,15H2/t12-/m1/s1. The summed E-state index contributed by atoms with van der Waals surface area (Å²) >= 11 is 3.43. The summed E-state index contributed by atoms with van der Waals surface area (Å²) in [4.78, 5) is 14.2. The number of rotatable bonds is 1. The molecule has 2 N–H and O–H groups in total. The molecule has 1 fully saturated rings. The number of amides is 1. The Bertz CT molecular complexity index is 468. The molecule has 1 aromatic carbocycles. The van der Waals surface area contributed by atoms with Crippen LogP contribution in [0.1, 0.15) is 37.3 Å². The number of anilines is 1. The number of carbonyl (C=O) groups excluding carboxylic acids is 1. The third-order valence-electron chi connectivity index (χ3n) is 3.78. The first-order valence-corrected chi connectivity index (χ1v) is 6.86. The van der Waals surface area contributed by atoms with E-state index in [2.05, 4.69) is 15.9 Å². The molecule has 0 aromatic heterocycles. The Kier molecular flexibility index (Phi) is 2.71. The summed E-state index contributed by atoms with van der Waals surface area (Å²) in [5.74, 6) is 0.0602. The third-order valence-corrected chi connectivity index (χ3v) is 4.27. The molecule has 1 atom stereocenters. The Morgan fingerprint density at radius 1 is 1.29 bits per heavy atom. The summed E-state index contributed by atoms with van der Waals surface area (Å²) in [6.45, 7) is 0. The van der Waals surface area contributed by atoms with Crippen molar-refractivity contribution in [2.75, 3.05) is 4.90 Å². The topological polar surface area (TPSA) is 46.3 Å². The fourth-order valence-electron chi connectivity index (χ4n) is 2.93. The molecule has 17 heavy (non-hydrogen) atoms. The highest BCUT2D eigenvalue weighted by molar-refractivity contribution is 9.10.